The second kappa shape index (κ2) is 12.3. The molecule has 0 radical (unpaired) electrons. The number of hydrogen-bond acceptors (Lipinski definition) is 6. The summed E-state index contributed by atoms with van der Waals surface area (Å²) >= 11 is 3.38. The van der Waals surface area contributed by atoms with Crippen molar-refractivity contribution in [1.82, 2.24) is 10.7 Å². The monoisotopic (exact) mass is 490 g/mol. The van der Waals surface area contributed by atoms with Gasteiger partial charge in [-0.05, 0) is 52.2 Å². The average molecular weight is 491 g/mol. The second-order valence-corrected chi connectivity index (χ2v) is 7.05. The summed E-state index contributed by atoms with van der Waals surface area (Å²) < 4.78 is 11.5. The number of halogens is 1. The van der Waals surface area contributed by atoms with E-state index in [2.05, 4.69) is 37.1 Å². The molecule has 164 valence electrons. The van der Waals surface area contributed by atoms with Gasteiger partial charge in [-0.2, -0.15) is 5.10 Å². The maximum absolute atomic E-state index is 12.1. The van der Waals surface area contributed by atoms with Crippen molar-refractivity contribution in [3.63, 3.8) is 0 Å². The van der Waals surface area contributed by atoms with Gasteiger partial charge in [0.05, 0.1) is 17.8 Å². The molecule has 2 rings (SSSR count). The Morgan fingerprint density at radius 1 is 1.13 bits per heavy atom. The van der Waals surface area contributed by atoms with Gasteiger partial charge in [-0.3, -0.25) is 14.4 Å². The molecule has 0 saturated heterocycles. The molecule has 0 atom stereocenters. The van der Waals surface area contributed by atoms with Crippen molar-refractivity contribution in [3.05, 3.63) is 52.5 Å². The van der Waals surface area contributed by atoms with Crippen molar-refractivity contribution in [2.45, 2.75) is 13.3 Å². The summed E-state index contributed by atoms with van der Waals surface area (Å²) in [5.41, 5.74) is 3.39. The molecule has 0 aliphatic rings. The number of methoxy groups -OCH3 is 1. The van der Waals surface area contributed by atoms with Gasteiger partial charge in [0.2, 0.25) is 0 Å². The summed E-state index contributed by atoms with van der Waals surface area (Å²) in [6, 6.07) is 12.3. The normalized spacial score (nSPS) is 10.4. The Labute approximate surface area is 188 Å². The zero-order valence-corrected chi connectivity index (χ0v) is 18.7. The predicted octanol–water partition coefficient (Wildman–Crippen LogP) is 2.45. The fourth-order valence-corrected chi connectivity index (χ4v) is 2.92. The first-order valence-electron chi connectivity index (χ1n) is 9.41. The Morgan fingerprint density at radius 2 is 1.87 bits per heavy atom. The summed E-state index contributed by atoms with van der Waals surface area (Å²) in [6.07, 6.45) is 2.07. The number of amides is 3. The van der Waals surface area contributed by atoms with Crippen LogP contribution in [0, 0.1) is 0 Å². The van der Waals surface area contributed by atoms with Gasteiger partial charge in [0.25, 0.3) is 5.91 Å². The molecule has 0 aromatic heterocycles. The third-order valence-corrected chi connectivity index (χ3v) is 4.37. The first kappa shape index (κ1) is 23.9. The number of carbonyl (C=O) groups is 3. The van der Waals surface area contributed by atoms with E-state index in [0.717, 1.165) is 6.42 Å². The van der Waals surface area contributed by atoms with Crippen LogP contribution in [0.3, 0.4) is 0 Å². The fraction of sp³-hybridized carbons (Fsp3) is 0.238. The highest BCUT2D eigenvalue weighted by atomic mass is 79.9. The maximum atomic E-state index is 12.1. The quantitative estimate of drug-likeness (QED) is 0.283. The molecule has 0 saturated carbocycles. The SMILES string of the molecule is CCCNC(=O)C(=O)N/N=C\c1cc(Br)c(OCC(=O)Nc2ccccc2)c(OC)c1. The van der Waals surface area contributed by atoms with E-state index in [4.69, 9.17) is 9.47 Å². The molecule has 3 N–H and O–H groups in total. The van der Waals surface area contributed by atoms with Crippen molar-refractivity contribution in [3.8, 4) is 11.5 Å². The summed E-state index contributed by atoms with van der Waals surface area (Å²) in [7, 11) is 1.46. The minimum atomic E-state index is -0.861. The predicted molar refractivity (Wildman–Crippen MR) is 120 cm³/mol. The fourth-order valence-electron chi connectivity index (χ4n) is 2.35. The molecule has 10 heteroatoms. The van der Waals surface area contributed by atoms with E-state index in [1.807, 2.05) is 25.1 Å². The number of anilines is 1. The molecule has 0 unspecified atom stereocenters. The van der Waals surface area contributed by atoms with Gasteiger partial charge >= 0.3 is 11.8 Å². The first-order valence-corrected chi connectivity index (χ1v) is 10.2. The summed E-state index contributed by atoms with van der Waals surface area (Å²) in [4.78, 5) is 35.3. The van der Waals surface area contributed by atoms with E-state index in [-0.39, 0.29) is 12.5 Å². The van der Waals surface area contributed by atoms with Gasteiger partial charge in [0, 0.05) is 12.2 Å². The zero-order chi connectivity index (χ0) is 22.6. The molecule has 9 nitrogen and oxygen atoms in total. The Kier molecular flexibility index (Phi) is 9.50. The Balaban J connectivity index is 1.98. The van der Waals surface area contributed by atoms with E-state index in [9.17, 15) is 14.4 Å². The third-order valence-electron chi connectivity index (χ3n) is 3.78. The molecule has 0 heterocycles. The minimum absolute atomic E-state index is 0.222. The Morgan fingerprint density at radius 3 is 2.55 bits per heavy atom. The summed E-state index contributed by atoms with van der Waals surface area (Å²) in [6.45, 7) is 2.07. The van der Waals surface area contributed by atoms with Crippen LogP contribution in [0.5, 0.6) is 11.5 Å². The highest BCUT2D eigenvalue weighted by molar-refractivity contribution is 9.10. The first-order chi connectivity index (χ1) is 14.9. The average Bonchev–Trinajstić information content (AvgIpc) is 2.76. The second-order valence-electron chi connectivity index (χ2n) is 6.19. The standard InChI is InChI=1S/C21H23BrN4O5/c1-3-9-23-20(28)21(29)26-24-12-14-10-16(22)19(17(11-14)30-2)31-13-18(27)25-15-7-5-4-6-8-15/h4-8,10-12H,3,9,13H2,1-2H3,(H,23,28)(H,25,27)(H,26,29)/b24-12-. The van der Waals surface area contributed by atoms with Crippen LogP contribution in [0.25, 0.3) is 0 Å². The number of nitrogens with zero attached hydrogens (tertiary/aromatic N) is 1. The van der Waals surface area contributed by atoms with Crippen LogP contribution >= 0.6 is 15.9 Å². The number of hydrazone groups is 1. The van der Waals surface area contributed by atoms with Crippen molar-refractivity contribution < 1.29 is 23.9 Å². The smallest absolute Gasteiger partial charge is 0.329 e. The Bertz CT molecular complexity index is 950. The summed E-state index contributed by atoms with van der Waals surface area (Å²) in [5, 5.41) is 8.95. The molecule has 0 bridgehead atoms. The van der Waals surface area contributed by atoms with Crippen LogP contribution in [-0.2, 0) is 14.4 Å². The van der Waals surface area contributed by atoms with Gasteiger partial charge in [-0.1, -0.05) is 25.1 Å². The number of benzene rings is 2. The van der Waals surface area contributed by atoms with Crippen LogP contribution in [-0.4, -0.2) is 44.2 Å². The highest BCUT2D eigenvalue weighted by Gasteiger charge is 2.14. The number of rotatable bonds is 9. The minimum Gasteiger partial charge on any atom is -0.493 e. The van der Waals surface area contributed by atoms with Crippen molar-refractivity contribution in [1.29, 1.82) is 0 Å². The van der Waals surface area contributed by atoms with E-state index < -0.39 is 11.8 Å². The molecular weight excluding hydrogens is 468 g/mol. The van der Waals surface area contributed by atoms with Crippen molar-refractivity contribution in [2.24, 2.45) is 5.10 Å². The lowest BCUT2D eigenvalue weighted by atomic mass is 10.2. The van der Waals surface area contributed by atoms with Crippen LogP contribution in [0.2, 0.25) is 0 Å². The number of nitrogens with one attached hydrogen (secondary N) is 3. The maximum Gasteiger partial charge on any atom is 0.329 e. The molecule has 3 amide bonds. The van der Waals surface area contributed by atoms with Gasteiger partial charge in [-0.25, -0.2) is 5.43 Å². The van der Waals surface area contributed by atoms with Gasteiger partial charge in [-0.15, -0.1) is 0 Å². The third kappa shape index (κ3) is 7.74. The van der Waals surface area contributed by atoms with Gasteiger partial charge in [0.15, 0.2) is 18.1 Å². The van der Waals surface area contributed by atoms with Crippen LogP contribution in [0.15, 0.2) is 52.0 Å². The van der Waals surface area contributed by atoms with E-state index in [0.29, 0.717) is 33.8 Å². The van der Waals surface area contributed by atoms with Crippen LogP contribution in [0.1, 0.15) is 18.9 Å². The van der Waals surface area contributed by atoms with Gasteiger partial charge < -0.3 is 20.1 Å². The molecule has 31 heavy (non-hydrogen) atoms. The van der Waals surface area contributed by atoms with Gasteiger partial charge in [0.1, 0.15) is 0 Å². The lowest BCUT2D eigenvalue weighted by molar-refractivity contribution is -0.139. The number of carbonyl (C=O) groups excluding carboxylic acids is 3. The number of hydrogen-bond donors (Lipinski definition) is 3. The highest BCUT2D eigenvalue weighted by Crippen LogP contribution is 2.36. The number of para-hydroxylation sites is 1. The number of ether oxygens (including phenoxy) is 2. The molecule has 2 aromatic carbocycles. The lowest BCUT2D eigenvalue weighted by Crippen LogP contribution is -2.38. The molecule has 0 spiro atoms. The molecule has 0 aliphatic carbocycles. The molecular formula is C21H23BrN4O5. The van der Waals surface area contributed by atoms with Crippen LogP contribution in [0.4, 0.5) is 5.69 Å². The Hall–Kier alpha value is -3.40. The lowest BCUT2D eigenvalue weighted by Gasteiger charge is -2.13. The zero-order valence-electron chi connectivity index (χ0n) is 17.1. The van der Waals surface area contributed by atoms with E-state index >= 15 is 0 Å². The van der Waals surface area contributed by atoms with E-state index in [1.165, 1.54) is 13.3 Å². The topological polar surface area (TPSA) is 118 Å². The largest absolute Gasteiger partial charge is 0.493 e. The molecule has 0 aliphatic heterocycles. The van der Waals surface area contributed by atoms with Crippen molar-refractivity contribution >= 4 is 45.6 Å². The summed E-state index contributed by atoms with van der Waals surface area (Å²) in [5.74, 6) is -1.24. The van der Waals surface area contributed by atoms with Crippen molar-refractivity contribution in [2.75, 3.05) is 25.6 Å². The molecule has 2 aromatic rings. The molecule has 0 fully saturated rings. The van der Waals surface area contributed by atoms with E-state index in [1.54, 1.807) is 24.3 Å². The van der Waals surface area contributed by atoms with Crippen LogP contribution < -0.4 is 25.5 Å².